The Labute approximate surface area is 128 Å². The molecule has 5 nitrogen and oxygen atoms in total. The van der Waals surface area contributed by atoms with Gasteiger partial charge in [0.15, 0.2) is 0 Å². The van der Waals surface area contributed by atoms with Gasteiger partial charge in [0.2, 0.25) is 10.0 Å². The molecule has 0 atom stereocenters. The first-order valence-corrected chi connectivity index (χ1v) is 8.81. The maximum atomic E-state index is 12.3. The highest BCUT2D eigenvalue weighted by Crippen LogP contribution is 2.20. The third kappa shape index (κ3) is 6.46. The maximum absolute atomic E-state index is 12.3. The molecule has 1 aromatic rings. The van der Waals surface area contributed by atoms with Crippen LogP contribution in [0.2, 0.25) is 0 Å². The molecule has 0 saturated carbocycles. The predicted octanol–water partition coefficient (Wildman–Crippen LogP) is 2.13. The van der Waals surface area contributed by atoms with Crippen molar-refractivity contribution >= 4 is 15.7 Å². The van der Waals surface area contributed by atoms with Crippen LogP contribution >= 0.6 is 0 Å². The van der Waals surface area contributed by atoms with Gasteiger partial charge in [-0.3, -0.25) is 0 Å². The van der Waals surface area contributed by atoms with E-state index in [0.29, 0.717) is 10.6 Å². The van der Waals surface area contributed by atoms with Crippen LogP contribution < -0.4 is 10.0 Å². The Hall–Kier alpha value is -1.11. The number of nitrogens with one attached hydrogen (secondary N) is 2. The van der Waals surface area contributed by atoms with Crippen LogP contribution in [0, 0.1) is 0 Å². The second kappa shape index (κ2) is 8.36. The van der Waals surface area contributed by atoms with Gasteiger partial charge in [0.25, 0.3) is 0 Å². The largest absolute Gasteiger partial charge is 0.384 e. The monoisotopic (exact) mass is 313 g/mol. The average molecular weight is 313 g/mol. The number of sulfonamides is 1. The Morgan fingerprint density at radius 1 is 1.14 bits per heavy atom. The first kappa shape index (κ1) is 17.9. The van der Waals surface area contributed by atoms with E-state index in [4.69, 9.17) is 0 Å². The van der Waals surface area contributed by atoms with Gasteiger partial charge in [0.05, 0.1) is 5.69 Å². The smallest absolute Gasteiger partial charge is 0.242 e. The Bertz CT molecular complexity index is 527. The molecule has 0 aliphatic heterocycles. The highest BCUT2D eigenvalue weighted by Gasteiger charge is 2.18. The van der Waals surface area contributed by atoms with Crippen LogP contribution in [0.15, 0.2) is 29.2 Å². The minimum atomic E-state index is -3.47. The fourth-order valence-corrected chi connectivity index (χ4v) is 3.43. The molecule has 0 aliphatic rings. The summed E-state index contributed by atoms with van der Waals surface area (Å²) in [6.45, 7) is 5.43. The lowest BCUT2D eigenvalue weighted by Gasteiger charge is -2.15. The van der Waals surface area contributed by atoms with Crippen LogP contribution in [0.5, 0.6) is 0 Å². The van der Waals surface area contributed by atoms with Crippen LogP contribution in [0.25, 0.3) is 0 Å². The van der Waals surface area contributed by atoms with E-state index in [9.17, 15) is 8.42 Å². The summed E-state index contributed by atoms with van der Waals surface area (Å²) in [6.07, 6.45) is 2.09. The zero-order valence-electron chi connectivity index (χ0n) is 13.4. The summed E-state index contributed by atoms with van der Waals surface area (Å²) in [5, 5.41) is 3.23. The summed E-state index contributed by atoms with van der Waals surface area (Å²) in [5.41, 5.74) is 0.663. The van der Waals surface area contributed by atoms with Gasteiger partial charge in [-0.15, -0.1) is 0 Å². The lowest BCUT2D eigenvalue weighted by molar-refractivity contribution is 0.396. The molecular weight excluding hydrogens is 286 g/mol. The fourth-order valence-electron chi connectivity index (χ4n) is 2.00. The van der Waals surface area contributed by atoms with Gasteiger partial charge in [-0.1, -0.05) is 12.1 Å². The molecule has 0 aliphatic carbocycles. The van der Waals surface area contributed by atoms with Gasteiger partial charge in [-0.25, -0.2) is 13.1 Å². The molecule has 6 heteroatoms. The molecular formula is C15H27N3O2S. The van der Waals surface area contributed by atoms with Crippen molar-refractivity contribution in [3.63, 3.8) is 0 Å². The molecule has 0 spiro atoms. The highest BCUT2D eigenvalue weighted by atomic mass is 32.2. The Morgan fingerprint density at radius 3 is 2.43 bits per heavy atom. The molecule has 21 heavy (non-hydrogen) atoms. The minimum Gasteiger partial charge on any atom is -0.384 e. The SMILES string of the molecule is CC(C)NS(=O)(=O)c1ccccc1NCCCCN(C)C. The Kier molecular flexibility index (Phi) is 7.14. The lowest BCUT2D eigenvalue weighted by Crippen LogP contribution is -2.30. The lowest BCUT2D eigenvalue weighted by atomic mass is 10.2. The molecule has 0 heterocycles. The summed E-state index contributed by atoms with van der Waals surface area (Å²) in [6, 6.07) is 6.90. The second-order valence-corrected chi connectivity index (χ2v) is 7.39. The third-order valence-electron chi connectivity index (χ3n) is 2.91. The van der Waals surface area contributed by atoms with E-state index in [0.717, 1.165) is 25.9 Å². The first-order chi connectivity index (χ1) is 9.83. The Morgan fingerprint density at radius 2 is 1.81 bits per heavy atom. The molecule has 0 fully saturated rings. The van der Waals surface area contributed by atoms with Crippen LogP contribution in [0.1, 0.15) is 26.7 Å². The number of hydrogen-bond donors (Lipinski definition) is 2. The maximum Gasteiger partial charge on any atom is 0.242 e. The summed E-state index contributed by atoms with van der Waals surface area (Å²) in [4.78, 5) is 2.46. The van der Waals surface area contributed by atoms with Crippen molar-refractivity contribution in [1.29, 1.82) is 0 Å². The van der Waals surface area contributed by atoms with Crippen LogP contribution in [0.4, 0.5) is 5.69 Å². The molecule has 0 amide bonds. The van der Waals surface area contributed by atoms with Gasteiger partial charge in [-0.05, 0) is 59.5 Å². The van der Waals surface area contributed by atoms with E-state index in [1.54, 1.807) is 18.2 Å². The first-order valence-electron chi connectivity index (χ1n) is 7.33. The van der Waals surface area contributed by atoms with E-state index < -0.39 is 10.0 Å². The third-order valence-corrected chi connectivity index (χ3v) is 4.63. The molecule has 0 saturated heterocycles. The predicted molar refractivity (Wildman–Crippen MR) is 88.2 cm³/mol. The topological polar surface area (TPSA) is 61.4 Å². The Balaban J connectivity index is 2.67. The van der Waals surface area contributed by atoms with E-state index in [2.05, 4.69) is 14.9 Å². The molecule has 0 aromatic heterocycles. The van der Waals surface area contributed by atoms with Crippen molar-refractivity contribution < 1.29 is 8.42 Å². The van der Waals surface area contributed by atoms with Crippen molar-refractivity contribution in [2.24, 2.45) is 0 Å². The molecule has 2 N–H and O–H groups in total. The number of para-hydroxylation sites is 1. The summed E-state index contributed by atoms with van der Waals surface area (Å²) < 4.78 is 27.2. The highest BCUT2D eigenvalue weighted by molar-refractivity contribution is 7.89. The normalized spacial score (nSPS) is 12.1. The second-order valence-electron chi connectivity index (χ2n) is 5.71. The van der Waals surface area contributed by atoms with Crippen molar-refractivity contribution in [2.45, 2.75) is 37.6 Å². The summed E-state index contributed by atoms with van der Waals surface area (Å²) in [7, 11) is 0.630. The van der Waals surface area contributed by atoms with E-state index in [1.807, 2.05) is 34.0 Å². The molecule has 120 valence electrons. The fraction of sp³-hybridized carbons (Fsp3) is 0.600. The van der Waals surface area contributed by atoms with Crippen LogP contribution in [0.3, 0.4) is 0 Å². The van der Waals surface area contributed by atoms with Crippen molar-refractivity contribution in [1.82, 2.24) is 9.62 Å². The van der Waals surface area contributed by atoms with Crippen molar-refractivity contribution in [3.05, 3.63) is 24.3 Å². The number of rotatable bonds is 9. The van der Waals surface area contributed by atoms with Crippen molar-refractivity contribution in [2.75, 3.05) is 32.5 Å². The van der Waals surface area contributed by atoms with Crippen LogP contribution in [-0.2, 0) is 10.0 Å². The number of unbranched alkanes of at least 4 members (excludes halogenated alkanes) is 1. The van der Waals surface area contributed by atoms with Crippen molar-refractivity contribution in [3.8, 4) is 0 Å². The van der Waals surface area contributed by atoms with Gasteiger partial charge < -0.3 is 10.2 Å². The van der Waals surface area contributed by atoms with Gasteiger partial charge >= 0.3 is 0 Å². The molecule has 0 radical (unpaired) electrons. The quantitative estimate of drug-likeness (QED) is 0.686. The molecule has 0 bridgehead atoms. The number of hydrogen-bond acceptors (Lipinski definition) is 4. The summed E-state index contributed by atoms with van der Waals surface area (Å²) in [5.74, 6) is 0. The zero-order chi connectivity index (χ0) is 15.9. The average Bonchev–Trinajstić information content (AvgIpc) is 2.37. The molecule has 1 rings (SSSR count). The molecule has 1 aromatic carbocycles. The minimum absolute atomic E-state index is 0.122. The summed E-state index contributed by atoms with van der Waals surface area (Å²) >= 11 is 0. The van der Waals surface area contributed by atoms with Crippen LogP contribution in [-0.4, -0.2) is 46.5 Å². The van der Waals surface area contributed by atoms with Gasteiger partial charge in [0.1, 0.15) is 4.90 Å². The standard InChI is InChI=1S/C15H27N3O2S/c1-13(2)17-21(19,20)15-10-6-5-9-14(15)16-11-7-8-12-18(3)4/h5-6,9-10,13,16-17H,7-8,11-12H2,1-4H3. The van der Waals surface area contributed by atoms with E-state index in [-0.39, 0.29) is 6.04 Å². The van der Waals surface area contributed by atoms with E-state index in [1.165, 1.54) is 0 Å². The zero-order valence-corrected chi connectivity index (χ0v) is 14.2. The number of anilines is 1. The molecule has 0 unspecified atom stereocenters. The van der Waals surface area contributed by atoms with Gasteiger partial charge in [0, 0.05) is 12.6 Å². The van der Waals surface area contributed by atoms with Gasteiger partial charge in [-0.2, -0.15) is 0 Å². The van der Waals surface area contributed by atoms with E-state index >= 15 is 0 Å². The number of nitrogens with zero attached hydrogens (tertiary/aromatic N) is 1. The number of benzene rings is 1.